The van der Waals surface area contributed by atoms with Crippen LogP contribution in [0.2, 0.25) is 0 Å². The highest BCUT2D eigenvalue weighted by Crippen LogP contribution is 2.20. The normalized spacial score (nSPS) is 19.9. The van der Waals surface area contributed by atoms with Gasteiger partial charge in [-0.2, -0.15) is 0 Å². The van der Waals surface area contributed by atoms with Crippen molar-refractivity contribution in [1.82, 2.24) is 4.98 Å². The second-order valence-corrected chi connectivity index (χ2v) is 6.71. The maximum absolute atomic E-state index is 11.9. The molecule has 2 heterocycles. The largest absolute Gasteiger partial charge is 0.384 e. The highest BCUT2D eigenvalue weighted by atomic mass is 32.2. The Kier molecular flexibility index (Phi) is 4.37. The van der Waals surface area contributed by atoms with E-state index in [4.69, 9.17) is 5.11 Å². The van der Waals surface area contributed by atoms with Crippen LogP contribution in [0.4, 0.5) is 5.82 Å². The lowest BCUT2D eigenvalue weighted by Gasteiger charge is -2.08. The number of hydrogen-bond acceptors (Lipinski definition) is 5. The van der Waals surface area contributed by atoms with E-state index in [1.807, 2.05) is 0 Å². The second kappa shape index (κ2) is 6.03. The molecular formula is C13H14N2O4S. The summed E-state index contributed by atoms with van der Waals surface area (Å²) in [4.78, 5) is 15.9. The first-order valence-corrected chi connectivity index (χ1v) is 7.89. The molecule has 1 unspecified atom stereocenters. The Labute approximate surface area is 117 Å². The van der Waals surface area contributed by atoms with Gasteiger partial charge in [-0.3, -0.25) is 4.79 Å². The number of pyridine rings is 1. The van der Waals surface area contributed by atoms with Crippen LogP contribution in [-0.2, 0) is 14.6 Å². The molecule has 0 aromatic carbocycles. The molecule has 0 spiro atoms. The van der Waals surface area contributed by atoms with Crippen LogP contribution in [0.3, 0.4) is 0 Å². The summed E-state index contributed by atoms with van der Waals surface area (Å²) in [7, 11) is -3.08. The fourth-order valence-corrected chi connectivity index (χ4v) is 3.69. The third-order valence-corrected chi connectivity index (χ3v) is 4.69. The van der Waals surface area contributed by atoms with Gasteiger partial charge in [0, 0.05) is 11.8 Å². The zero-order chi connectivity index (χ0) is 14.6. The highest BCUT2D eigenvalue weighted by molar-refractivity contribution is 7.91. The number of aliphatic hydroxyl groups excluding tert-OH is 1. The monoisotopic (exact) mass is 294 g/mol. The zero-order valence-corrected chi connectivity index (χ0v) is 11.5. The first-order chi connectivity index (χ1) is 9.50. The fraction of sp³-hybridized carbons (Fsp3) is 0.385. The van der Waals surface area contributed by atoms with Gasteiger partial charge in [-0.1, -0.05) is 11.8 Å². The first kappa shape index (κ1) is 14.5. The molecule has 1 aliphatic rings. The number of anilines is 1. The number of nitrogens with one attached hydrogen (secondary N) is 1. The van der Waals surface area contributed by atoms with Crippen LogP contribution in [-0.4, -0.2) is 42.5 Å². The lowest BCUT2D eigenvalue weighted by atomic mass is 10.1. The molecule has 106 valence electrons. The summed E-state index contributed by atoms with van der Waals surface area (Å²) >= 11 is 0. The summed E-state index contributed by atoms with van der Waals surface area (Å²) in [6.07, 6.45) is 1.83. The van der Waals surface area contributed by atoms with Gasteiger partial charge in [0.2, 0.25) is 5.91 Å². The minimum atomic E-state index is -3.08. The third kappa shape index (κ3) is 3.79. The summed E-state index contributed by atoms with van der Waals surface area (Å²) in [5, 5.41) is 11.2. The van der Waals surface area contributed by atoms with E-state index in [0.717, 1.165) is 0 Å². The van der Waals surface area contributed by atoms with Crippen LogP contribution in [0.15, 0.2) is 18.3 Å². The Balaban J connectivity index is 2.05. The lowest BCUT2D eigenvalue weighted by molar-refractivity contribution is -0.119. The van der Waals surface area contributed by atoms with Crippen molar-refractivity contribution in [2.75, 3.05) is 23.4 Å². The number of carbonyl (C=O) groups is 1. The Bertz CT molecular complexity index is 673. The molecule has 1 amide bonds. The Hall–Kier alpha value is -1.91. The number of aliphatic hydroxyl groups is 1. The summed E-state index contributed by atoms with van der Waals surface area (Å²) in [5.74, 6) is 4.61. The van der Waals surface area contributed by atoms with E-state index in [1.165, 1.54) is 6.20 Å². The van der Waals surface area contributed by atoms with Gasteiger partial charge in [-0.25, -0.2) is 13.4 Å². The Morgan fingerprint density at radius 3 is 3.00 bits per heavy atom. The molecule has 1 saturated heterocycles. The minimum Gasteiger partial charge on any atom is -0.384 e. The quantitative estimate of drug-likeness (QED) is 0.736. The maximum atomic E-state index is 11.9. The Morgan fingerprint density at radius 2 is 2.35 bits per heavy atom. The van der Waals surface area contributed by atoms with Crippen molar-refractivity contribution in [3.8, 4) is 11.8 Å². The molecule has 7 heteroatoms. The molecule has 2 rings (SSSR count). The van der Waals surface area contributed by atoms with Crippen LogP contribution in [0.1, 0.15) is 12.0 Å². The number of hydrogen-bond donors (Lipinski definition) is 2. The zero-order valence-electron chi connectivity index (χ0n) is 10.7. The van der Waals surface area contributed by atoms with Crippen LogP contribution in [0, 0.1) is 17.8 Å². The van der Waals surface area contributed by atoms with Gasteiger partial charge in [0.25, 0.3) is 0 Å². The maximum Gasteiger partial charge on any atom is 0.229 e. The van der Waals surface area contributed by atoms with Crippen LogP contribution >= 0.6 is 0 Å². The average Bonchev–Trinajstić information content (AvgIpc) is 2.77. The molecule has 0 bridgehead atoms. The molecular weight excluding hydrogens is 280 g/mol. The molecule has 6 nitrogen and oxygen atoms in total. The van der Waals surface area contributed by atoms with Crippen molar-refractivity contribution >= 4 is 21.6 Å². The van der Waals surface area contributed by atoms with Gasteiger partial charge in [0.05, 0.1) is 17.4 Å². The highest BCUT2D eigenvalue weighted by Gasteiger charge is 2.33. The first-order valence-electron chi connectivity index (χ1n) is 6.07. The lowest BCUT2D eigenvalue weighted by Crippen LogP contribution is -2.24. The van der Waals surface area contributed by atoms with Crippen molar-refractivity contribution in [3.05, 3.63) is 23.9 Å². The van der Waals surface area contributed by atoms with E-state index in [9.17, 15) is 13.2 Å². The number of rotatable bonds is 2. The number of amides is 1. The second-order valence-electron chi connectivity index (χ2n) is 4.48. The van der Waals surface area contributed by atoms with E-state index in [1.54, 1.807) is 12.1 Å². The predicted molar refractivity (Wildman–Crippen MR) is 73.6 cm³/mol. The summed E-state index contributed by atoms with van der Waals surface area (Å²) in [6.45, 7) is -0.246. The SMILES string of the molecule is O=C(Nc1cc(C#CCO)ccn1)C1CCS(=O)(=O)C1. The van der Waals surface area contributed by atoms with Crippen LogP contribution in [0.25, 0.3) is 0 Å². The van der Waals surface area contributed by atoms with Gasteiger partial charge in [-0.05, 0) is 18.6 Å². The van der Waals surface area contributed by atoms with Gasteiger partial charge in [-0.15, -0.1) is 0 Å². The molecule has 1 fully saturated rings. The van der Waals surface area contributed by atoms with Gasteiger partial charge < -0.3 is 10.4 Å². The van der Waals surface area contributed by atoms with Gasteiger partial charge >= 0.3 is 0 Å². The standard InChI is InChI=1S/C13H14N2O4S/c16-6-1-2-10-3-5-14-12(8-10)15-13(17)11-4-7-20(18,19)9-11/h3,5,8,11,16H,4,6-7,9H2,(H,14,15,17). The molecule has 1 aliphatic heterocycles. The molecule has 2 N–H and O–H groups in total. The average molecular weight is 294 g/mol. The molecule has 1 aromatic rings. The van der Waals surface area contributed by atoms with Crippen molar-refractivity contribution < 1.29 is 18.3 Å². The molecule has 1 atom stereocenters. The molecule has 0 aliphatic carbocycles. The van der Waals surface area contributed by atoms with E-state index < -0.39 is 15.8 Å². The van der Waals surface area contributed by atoms with E-state index >= 15 is 0 Å². The van der Waals surface area contributed by atoms with Crippen molar-refractivity contribution in [2.24, 2.45) is 5.92 Å². The van der Waals surface area contributed by atoms with E-state index in [0.29, 0.717) is 17.8 Å². The van der Waals surface area contributed by atoms with Crippen molar-refractivity contribution in [3.63, 3.8) is 0 Å². The predicted octanol–water partition coefficient (Wildman–Crippen LogP) is -0.201. The van der Waals surface area contributed by atoms with E-state index in [2.05, 4.69) is 22.1 Å². The van der Waals surface area contributed by atoms with Gasteiger partial charge in [0.15, 0.2) is 9.84 Å². The summed E-state index contributed by atoms with van der Waals surface area (Å²) in [6, 6.07) is 3.22. The van der Waals surface area contributed by atoms with Crippen molar-refractivity contribution in [1.29, 1.82) is 0 Å². The number of aromatic nitrogens is 1. The molecule has 1 aromatic heterocycles. The molecule has 20 heavy (non-hydrogen) atoms. The fourth-order valence-electron chi connectivity index (χ4n) is 1.95. The topological polar surface area (TPSA) is 96.4 Å². The van der Waals surface area contributed by atoms with Gasteiger partial charge in [0.1, 0.15) is 12.4 Å². The third-order valence-electron chi connectivity index (χ3n) is 2.93. The van der Waals surface area contributed by atoms with E-state index in [-0.39, 0.29) is 24.0 Å². The number of sulfone groups is 1. The Morgan fingerprint density at radius 1 is 1.55 bits per heavy atom. The number of nitrogens with zero attached hydrogens (tertiary/aromatic N) is 1. The minimum absolute atomic E-state index is 0.0561. The van der Waals surface area contributed by atoms with Crippen LogP contribution < -0.4 is 5.32 Å². The van der Waals surface area contributed by atoms with Crippen LogP contribution in [0.5, 0.6) is 0 Å². The number of carbonyl (C=O) groups excluding carboxylic acids is 1. The molecule has 0 radical (unpaired) electrons. The molecule has 0 saturated carbocycles. The smallest absolute Gasteiger partial charge is 0.229 e. The summed E-state index contributed by atoms with van der Waals surface area (Å²) < 4.78 is 22.7. The van der Waals surface area contributed by atoms with Crippen molar-refractivity contribution in [2.45, 2.75) is 6.42 Å². The summed E-state index contributed by atoms with van der Waals surface area (Å²) in [5.41, 5.74) is 0.614.